The lowest BCUT2D eigenvalue weighted by molar-refractivity contribution is 0.316. The average molecular weight is 313 g/mol. The van der Waals surface area contributed by atoms with Gasteiger partial charge in [0.05, 0.1) is 0 Å². The molecule has 1 atom stereocenters. The van der Waals surface area contributed by atoms with Gasteiger partial charge in [-0.15, -0.1) is 0 Å². The molecule has 2 aromatic carbocycles. The topological polar surface area (TPSA) is 36.9 Å². The fourth-order valence-electron chi connectivity index (χ4n) is 2.55. The molecule has 5 heteroatoms. The maximum Gasteiger partial charge on any atom is 0.289 e. The standard InChI is InChI=1S/C18H20FN3O/c1-2-22(17-10-8-14(19)9-11-17)12-16-13-23-18(21-16)20-15-6-4-3-5-7-15/h3-11,16H,2,12-13H2,1H3,(H,20,21)/t16-/m0/s1. The Hall–Kier alpha value is -2.56. The van der Waals surface area contributed by atoms with Gasteiger partial charge in [-0.3, -0.25) is 0 Å². The van der Waals surface area contributed by atoms with Gasteiger partial charge in [0.1, 0.15) is 18.5 Å². The Balaban J connectivity index is 1.62. The second-order valence-corrected chi connectivity index (χ2v) is 5.41. The van der Waals surface area contributed by atoms with Crippen molar-refractivity contribution in [2.75, 3.05) is 29.9 Å². The van der Waals surface area contributed by atoms with Crippen molar-refractivity contribution in [2.45, 2.75) is 13.0 Å². The summed E-state index contributed by atoms with van der Waals surface area (Å²) in [6, 6.07) is 17.0. The molecular formula is C18H20FN3O. The van der Waals surface area contributed by atoms with Gasteiger partial charge in [0, 0.05) is 24.5 Å². The number of hydrogen-bond donors (Lipinski definition) is 1. The molecule has 0 fully saturated rings. The van der Waals surface area contributed by atoms with Crippen LogP contribution in [0.3, 0.4) is 0 Å². The van der Waals surface area contributed by atoms with Gasteiger partial charge in [-0.25, -0.2) is 9.38 Å². The quantitative estimate of drug-likeness (QED) is 0.917. The van der Waals surface area contributed by atoms with Gasteiger partial charge in [-0.1, -0.05) is 18.2 Å². The smallest absolute Gasteiger partial charge is 0.289 e. The molecule has 1 aliphatic heterocycles. The first-order valence-electron chi connectivity index (χ1n) is 7.78. The SMILES string of the molecule is CCN(C[C@H]1COC(Nc2ccccc2)=N1)c1ccc(F)cc1. The molecule has 0 saturated carbocycles. The largest absolute Gasteiger partial charge is 0.463 e. The number of likely N-dealkylation sites (N-methyl/N-ethyl adjacent to an activating group) is 1. The second-order valence-electron chi connectivity index (χ2n) is 5.41. The highest BCUT2D eigenvalue weighted by molar-refractivity contribution is 5.90. The fourth-order valence-corrected chi connectivity index (χ4v) is 2.55. The molecule has 1 aliphatic rings. The normalized spacial score (nSPS) is 16.6. The van der Waals surface area contributed by atoms with Crippen molar-refractivity contribution in [2.24, 2.45) is 4.99 Å². The molecule has 0 aromatic heterocycles. The molecular weight excluding hydrogens is 293 g/mol. The zero-order chi connectivity index (χ0) is 16.1. The molecule has 2 aromatic rings. The Morgan fingerprint density at radius 2 is 1.91 bits per heavy atom. The van der Waals surface area contributed by atoms with Crippen LogP contribution >= 0.6 is 0 Å². The molecule has 120 valence electrons. The molecule has 0 spiro atoms. The van der Waals surface area contributed by atoms with Crippen LogP contribution in [0, 0.1) is 5.82 Å². The molecule has 0 amide bonds. The highest BCUT2D eigenvalue weighted by atomic mass is 19.1. The molecule has 23 heavy (non-hydrogen) atoms. The number of halogens is 1. The monoisotopic (exact) mass is 313 g/mol. The third kappa shape index (κ3) is 4.00. The van der Waals surface area contributed by atoms with Crippen molar-refractivity contribution in [3.8, 4) is 0 Å². The van der Waals surface area contributed by atoms with Crippen molar-refractivity contribution in [1.29, 1.82) is 0 Å². The van der Waals surface area contributed by atoms with Crippen LogP contribution in [0.5, 0.6) is 0 Å². The van der Waals surface area contributed by atoms with Gasteiger partial charge in [-0.05, 0) is 43.3 Å². The number of para-hydroxylation sites is 1. The number of anilines is 2. The van der Waals surface area contributed by atoms with Crippen molar-refractivity contribution in [1.82, 2.24) is 0 Å². The molecule has 0 unspecified atom stereocenters. The van der Waals surface area contributed by atoms with Crippen molar-refractivity contribution in [3.63, 3.8) is 0 Å². The first-order valence-corrected chi connectivity index (χ1v) is 7.78. The van der Waals surface area contributed by atoms with Crippen LogP contribution in [-0.2, 0) is 4.74 Å². The third-order valence-electron chi connectivity index (χ3n) is 3.74. The minimum Gasteiger partial charge on any atom is -0.463 e. The Bertz CT molecular complexity index is 658. The van der Waals surface area contributed by atoms with E-state index in [9.17, 15) is 4.39 Å². The summed E-state index contributed by atoms with van der Waals surface area (Å²) in [5, 5.41) is 3.17. The minimum absolute atomic E-state index is 0.0613. The molecule has 0 bridgehead atoms. The number of hydrogen-bond acceptors (Lipinski definition) is 4. The summed E-state index contributed by atoms with van der Waals surface area (Å²) >= 11 is 0. The van der Waals surface area contributed by atoms with Crippen molar-refractivity contribution in [3.05, 3.63) is 60.4 Å². The van der Waals surface area contributed by atoms with Crippen LogP contribution in [0.25, 0.3) is 0 Å². The number of amidine groups is 1. The second kappa shape index (κ2) is 7.13. The van der Waals surface area contributed by atoms with E-state index in [0.717, 1.165) is 24.5 Å². The van der Waals surface area contributed by atoms with Crippen LogP contribution in [0.2, 0.25) is 0 Å². The lowest BCUT2D eigenvalue weighted by atomic mass is 10.2. The van der Waals surface area contributed by atoms with E-state index in [-0.39, 0.29) is 11.9 Å². The summed E-state index contributed by atoms with van der Waals surface area (Å²) < 4.78 is 18.7. The highest BCUT2D eigenvalue weighted by Crippen LogP contribution is 2.17. The zero-order valence-corrected chi connectivity index (χ0v) is 13.1. The van der Waals surface area contributed by atoms with Gasteiger partial charge >= 0.3 is 0 Å². The van der Waals surface area contributed by atoms with E-state index < -0.39 is 0 Å². The highest BCUT2D eigenvalue weighted by Gasteiger charge is 2.21. The van der Waals surface area contributed by atoms with Gasteiger partial charge < -0.3 is 15.0 Å². The molecule has 1 heterocycles. The van der Waals surface area contributed by atoms with Crippen LogP contribution in [0.4, 0.5) is 15.8 Å². The number of benzene rings is 2. The van der Waals surface area contributed by atoms with E-state index in [2.05, 4.69) is 22.1 Å². The van der Waals surface area contributed by atoms with E-state index in [1.807, 2.05) is 30.3 Å². The summed E-state index contributed by atoms with van der Waals surface area (Å²) in [6.45, 7) is 4.19. The summed E-state index contributed by atoms with van der Waals surface area (Å²) in [5.74, 6) is -0.221. The first-order chi connectivity index (χ1) is 11.2. The molecule has 0 aliphatic carbocycles. The van der Waals surface area contributed by atoms with Crippen molar-refractivity contribution >= 4 is 17.4 Å². The predicted molar refractivity (Wildman–Crippen MR) is 91.5 cm³/mol. The van der Waals surface area contributed by atoms with E-state index in [0.29, 0.717) is 12.6 Å². The summed E-state index contributed by atoms with van der Waals surface area (Å²) in [6.07, 6.45) is 0. The molecule has 3 rings (SSSR count). The lowest BCUT2D eigenvalue weighted by Crippen LogP contribution is -2.32. The van der Waals surface area contributed by atoms with Crippen LogP contribution in [0.15, 0.2) is 59.6 Å². The average Bonchev–Trinajstić information content (AvgIpc) is 3.01. The third-order valence-corrected chi connectivity index (χ3v) is 3.74. The zero-order valence-electron chi connectivity index (χ0n) is 13.1. The van der Waals surface area contributed by atoms with Crippen LogP contribution in [-0.4, -0.2) is 31.8 Å². The maximum atomic E-state index is 13.0. The van der Waals surface area contributed by atoms with E-state index in [1.165, 1.54) is 12.1 Å². The Labute approximate surface area is 135 Å². The Morgan fingerprint density at radius 1 is 1.17 bits per heavy atom. The summed E-state index contributed by atoms with van der Waals surface area (Å²) in [7, 11) is 0. The number of rotatable bonds is 5. The van der Waals surface area contributed by atoms with Crippen LogP contribution in [0.1, 0.15) is 6.92 Å². The molecule has 0 saturated heterocycles. The molecule has 0 radical (unpaired) electrons. The Kier molecular flexibility index (Phi) is 4.76. The lowest BCUT2D eigenvalue weighted by Gasteiger charge is -2.24. The number of nitrogens with one attached hydrogen (secondary N) is 1. The van der Waals surface area contributed by atoms with Gasteiger partial charge in [0.2, 0.25) is 0 Å². The number of ether oxygens (including phenoxy) is 1. The fraction of sp³-hybridized carbons (Fsp3) is 0.278. The van der Waals surface area contributed by atoms with Crippen LogP contribution < -0.4 is 10.2 Å². The van der Waals surface area contributed by atoms with E-state index in [1.54, 1.807) is 12.1 Å². The van der Waals surface area contributed by atoms with Crippen molar-refractivity contribution < 1.29 is 9.13 Å². The van der Waals surface area contributed by atoms with E-state index >= 15 is 0 Å². The molecule has 4 nitrogen and oxygen atoms in total. The molecule has 1 N–H and O–H groups in total. The summed E-state index contributed by atoms with van der Waals surface area (Å²) in [5.41, 5.74) is 1.95. The van der Waals surface area contributed by atoms with Gasteiger partial charge in [-0.2, -0.15) is 0 Å². The Morgan fingerprint density at radius 3 is 2.61 bits per heavy atom. The van der Waals surface area contributed by atoms with Gasteiger partial charge in [0.15, 0.2) is 0 Å². The maximum absolute atomic E-state index is 13.0. The summed E-state index contributed by atoms with van der Waals surface area (Å²) in [4.78, 5) is 6.75. The predicted octanol–water partition coefficient (Wildman–Crippen LogP) is 3.52. The minimum atomic E-state index is -0.221. The van der Waals surface area contributed by atoms with Gasteiger partial charge in [0.25, 0.3) is 6.02 Å². The number of nitrogens with zero attached hydrogens (tertiary/aromatic N) is 2. The van der Waals surface area contributed by atoms with E-state index in [4.69, 9.17) is 4.74 Å². The number of aliphatic imine (C=N–C) groups is 1. The first kappa shape index (κ1) is 15.3.